The van der Waals surface area contributed by atoms with Gasteiger partial charge in [-0.1, -0.05) is 187 Å². The molecule has 0 aliphatic heterocycles. The highest BCUT2D eigenvalue weighted by Gasteiger charge is 2.35. The van der Waals surface area contributed by atoms with Crippen molar-refractivity contribution in [2.45, 2.75) is 313 Å². The fourth-order valence-electron chi connectivity index (χ4n) is 10.2. The number of hydrogen-bond acceptors (Lipinski definition) is 20. The Balaban J connectivity index is 5.79. The lowest BCUT2D eigenvalue weighted by molar-refractivity contribution is -0.157. The Kier molecular flexibility index (Phi) is 56.6. The molecule has 0 saturated carbocycles. The van der Waals surface area contributed by atoms with Crippen molar-refractivity contribution in [2.24, 2.45) is 34.4 Å². The molecule has 17 N–H and O–H groups in total. The van der Waals surface area contributed by atoms with Gasteiger partial charge in [0.15, 0.2) is 0 Å². The van der Waals surface area contributed by atoms with E-state index in [9.17, 15) is 43.5 Å². The molecule has 87 heavy (non-hydrogen) atoms. The molecule has 0 aromatic rings. The number of nitrogens with two attached hydrogens (primary N) is 6. The van der Waals surface area contributed by atoms with E-state index in [1.807, 2.05) is 0 Å². The summed E-state index contributed by atoms with van der Waals surface area (Å²) in [6.07, 6.45) is 35.0. The van der Waals surface area contributed by atoms with Crippen LogP contribution in [-0.4, -0.2) is 145 Å². The van der Waals surface area contributed by atoms with Crippen LogP contribution < -0.4 is 55.9 Å². The van der Waals surface area contributed by atoms with Crippen molar-refractivity contribution >= 4 is 58.6 Å². The normalized spacial score (nSPS) is 13.9. The van der Waals surface area contributed by atoms with E-state index in [2.05, 4.69) is 35.3 Å². The molecule has 0 aromatic heterocycles. The fourth-order valence-corrected chi connectivity index (χ4v) is 11.1. The van der Waals surface area contributed by atoms with Crippen molar-refractivity contribution in [3.8, 4) is 0 Å². The molecule has 0 heterocycles. The first-order chi connectivity index (χ1) is 42.1. The largest absolute Gasteiger partial charge is 0.462 e. The van der Waals surface area contributed by atoms with E-state index in [1.54, 1.807) is 0 Å². The number of esters is 2. The molecule has 0 unspecified atom stereocenters. The second-order valence-corrected chi connectivity index (χ2v) is 24.9. The second kappa shape index (κ2) is 58.9. The number of carbonyl (C=O) groups excluding carboxylic acids is 8. The number of amides is 2. The number of ether oxygens (including phenoxy) is 2. The average molecular weight is 1260 g/mol. The lowest BCUT2D eigenvalue weighted by Gasteiger charge is -2.26. The van der Waals surface area contributed by atoms with Gasteiger partial charge in [-0.05, 0) is 96.8 Å². The van der Waals surface area contributed by atoms with Crippen LogP contribution in [-0.2, 0) is 47.8 Å². The monoisotopic (exact) mass is 1250 g/mol. The maximum absolute atomic E-state index is 14.0. The van der Waals surface area contributed by atoms with E-state index in [4.69, 9.17) is 43.9 Å². The molecular weight excluding hydrogens is 1130 g/mol. The second-order valence-electron chi connectivity index (χ2n) is 23.8. The smallest absolute Gasteiger partial charge is 0.306 e. The van der Waals surface area contributed by atoms with Crippen molar-refractivity contribution in [3.63, 3.8) is 0 Å². The molecule has 0 rings (SSSR count). The van der Waals surface area contributed by atoms with Gasteiger partial charge < -0.3 is 59.6 Å². The Morgan fingerprint density at radius 1 is 0.391 bits per heavy atom. The number of aliphatic hydroxyl groups excluding tert-OH is 1. The van der Waals surface area contributed by atoms with Gasteiger partial charge in [-0.2, -0.15) is 11.8 Å². The van der Waals surface area contributed by atoms with Crippen LogP contribution in [0.4, 0.5) is 0 Å². The molecule has 7 atom stereocenters. The zero-order valence-corrected chi connectivity index (χ0v) is 55.2. The van der Waals surface area contributed by atoms with Crippen LogP contribution in [0.1, 0.15) is 271 Å². The van der Waals surface area contributed by atoms with Crippen LogP contribution in [0.15, 0.2) is 0 Å². The van der Waals surface area contributed by atoms with E-state index < -0.39 is 89.9 Å². The van der Waals surface area contributed by atoms with Gasteiger partial charge in [0.25, 0.3) is 0 Å². The molecule has 21 nitrogen and oxygen atoms in total. The van der Waals surface area contributed by atoms with Gasteiger partial charge in [-0.15, -0.1) is 0 Å². The Bertz CT molecular complexity index is 1790. The minimum Gasteiger partial charge on any atom is -0.462 e. The van der Waals surface area contributed by atoms with E-state index >= 15 is 0 Å². The fraction of sp³-hybridized carbons (Fsp3) is 0.877. The minimum atomic E-state index is -1.67. The molecule has 0 saturated heterocycles. The summed E-state index contributed by atoms with van der Waals surface area (Å²) < 4.78 is 11.5. The SMILES string of the molecule is CCCCCCCCCCCCCCCC(=O)OC[C@H](CSC[C@H](N)C(=O)N[C@@H](CO)C(=O)C(=O)[C@H](CCCCN)NN[C@@H](CCCCN)C(=O)N[C@@H](CCCCN)C(=O)C(=O)[C@@H](N)CCCCN)OC(=O)CCCCCCCCCCCCCCC. The number of rotatable bonds is 65. The summed E-state index contributed by atoms with van der Waals surface area (Å²) in [6.45, 7) is 4.74. The molecule has 2 amide bonds. The van der Waals surface area contributed by atoms with E-state index in [0.717, 1.165) is 38.5 Å². The summed E-state index contributed by atoms with van der Waals surface area (Å²) in [5.41, 5.74) is 40.9. The van der Waals surface area contributed by atoms with Crippen molar-refractivity contribution in [3.05, 3.63) is 0 Å². The van der Waals surface area contributed by atoms with Crippen LogP contribution in [0.3, 0.4) is 0 Å². The van der Waals surface area contributed by atoms with E-state index in [0.29, 0.717) is 90.4 Å². The van der Waals surface area contributed by atoms with E-state index in [1.165, 1.54) is 127 Å². The summed E-state index contributed by atoms with van der Waals surface area (Å²) in [5, 5.41) is 15.5. The molecule has 22 heteroatoms. The van der Waals surface area contributed by atoms with Crippen molar-refractivity contribution in [1.29, 1.82) is 0 Å². The number of hydrazine groups is 1. The van der Waals surface area contributed by atoms with Crippen LogP contribution >= 0.6 is 11.8 Å². The van der Waals surface area contributed by atoms with Gasteiger partial charge in [0, 0.05) is 24.3 Å². The van der Waals surface area contributed by atoms with Crippen LogP contribution in [0.2, 0.25) is 0 Å². The lowest BCUT2D eigenvalue weighted by atomic mass is 9.95. The zero-order chi connectivity index (χ0) is 64.6. The summed E-state index contributed by atoms with van der Waals surface area (Å²) >= 11 is 1.19. The highest BCUT2D eigenvalue weighted by atomic mass is 32.2. The van der Waals surface area contributed by atoms with Crippen LogP contribution in [0.5, 0.6) is 0 Å². The van der Waals surface area contributed by atoms with E-state index in [-0.39, 0.29) is 62.6 Å². The average Bonchev–Trinajstić information content (AvgIpc) is 3.27. The highest BCUT2D eigenvalue weighted by Crippen LogP contribution is 2.18. The first-order valence-corrected chi connectivity index (χ1v) is 35.4. The van der Waals surface area contributed by atoms with Gasteiger partial charge in [-0.3, -0.25) is 38.4 Å². The number of unbranched alkanes of at least 4 members (excludes halogenated alkanes) is 28. The molecule has 508 valence electrons. The third-order valence-corrected chi connectivity index (χ3v) is 17.0. The first-order valence-electron chi connectivity index (χ1n) is 34.3. The maximum atomic E-state index is 14.0. The number of Topliss-reactive ketones (excluding diaryl/α,β-unsaturated/α-hetero) is 4. The summed E-state index contributed by atoms with van der Waals surface area (Å²) in [6, 6.07) is -7.50. The molecule has 0 aromatic carbocycles. The van der Waals surface area contributed by atoms with Gasteiger partial charge in [0.1, 0.15) is 18.8 Å². The van der Waals surface area contributed by atoms with Gasteiger partial charge in [-0.25, -0.2) is 10.9 Å². The third kappa shape index (κ3) is 45.5. The third-order valence-electron chi connectivity index (χ3n) is 15.8. The Morgan fingerprint density at radius 2 is 0.759 bits per heavy atom. The molecule has 0 spiro atoms. The summed E-state index contributed by atoms with van der Waals surface area (Å²) in [7, 11) is 0. The van der Waals surface area contributed by atoms with Gasteiger partial charge >= 0.3 is 11.9 Å². The highest BCUT2D eigenvalue weighted by molar-refractivity contribution is 7.99. The minimum absolute atomic E-state index is 0.0119. The molecule has 0 fully saturated rings. The zero-order valence-electron chi connectivity index (χ0n) is 54.4. The molecule has 0 radical (unpaired) electrons. The number of aliphatic hydroxyl groups is 1. The molecular formula is C65H126N10O11S. The van der Waals surface area contributed by atoms with Crippen molar-refractivity contribution < 1.29 is 52.9 Å². The number of nitrogens with one attached hydrogen (secondary N) is 4. The number of carbonyl (C=O) groups is 8. The number of hydrogen-bond donors (Lipinski definition) is 11. The predicted octanol–water partition coefficient (Wildman–Crippen LogP) is 7.38. The maximum Gasteiger partial charge on any atom is 0.306 e. The van der Waals surface area contributed by atoms with Gasteiger partial charge in [0.05, 0.1) is 36.8 Å². The standard InChI is InChI=1S/C65H126N10O11S/c1-3-5-7-9-11-13-15-17-19-21-23-25-27-41-58(77)85-48-51(86-59(78)42-28-26-24-22-20-18-16-14-12-10-8-6-4-2)49-87-50-53(71)64(83)73-57(47-76)63(82)62(81)55(39-31-35-45-68)74-75-56(40-32-36-46-69)65(84)72-54(38-30-34-44-67)61(80)60(79)52(70)37-29-33-43-66/h51-57,74-76H,3-50,66-71H2,1-2H3,(H,72,84)(H,73,83)/t51-,52+,53+,54+,55+,56+,57+/m1/s1. The Hall–Kier alpha value is -3.45. The van der Waals surface area contributed by atoms with Gasteiger partial charge in [0.2, 0.25) is 34.9 Å². The number of thioether (sulfide) groups is 1. The van der Waals surface area contributed by atoms with Crippen LogP contribution in [0, 0.1) is 0 Å². The quantitative estimate of drug-likeness (QED) is 0.0122. The topological polar surface area (TPSA) is 379 Å². The van der Waals surface area contributed by atoms with Crippen molar-refractivity contribution in [1.82, 2.24) is 21.5 Å². The van der Waals surface area contributed by atoms with Crippen molar-refractivity contribution in [2.75, 3.05) is 50.9 Å². The number of ketones is 4. The Morgan fingerprint density at radius 3 is 1.21 bits per heavy atom. The summed E-state index contributed by atoms with van der Waals surface area (Å²) in [4.78, 5) is 108. The predicted molar refractivity (Wildman–Crippen MR) is 351 cm³/mol. The summed E-state index contributed by atoms with van der Waals surface area (Å²) in [5.74, 6) is -5.88. The molecule has 0 aliphatic carbocycles. The first kappa shape index (κ1) is 83.5. The molecule has 0 bridgehead atoms. The lowest BCUT2D eigenvalue weighted by Crippen LogP contribution is -2.60. The van der Waals surface area contributed by atoms with Crippen LogP contribution in [0.25, 0.3) is 0 Å². The molecule has 0 aliphatic rings. The Labute approximate surface area is 529 Å².